The molecule has 2 rings (SSSR count). The van der Waals surface area contributed by atoms with Crippen molar-refractivity contribution in [2.75, 3.05) is 6.54 Å². The molecule has 2 heteroatoms. The molecule has 0 spiro atoms. The molecule has 1 unspecified atom stereocenters. The first-order valence-corrected chi connectivity index (χ1v) is 4.19. The van der Waals surface area contributed by atoms with Crippen LogP contribution in [0.5, 0.6) is 0 Å². The maximum absolute atomic E-state index is 13.0. The Morgan fingerprint density at radius 2 is 2.30 bits per heavy atom. The minimum absolute atomic E-state index is 0.201. The third kappa shape index (κ3) is 0.782. The van der Waals surface area contributed by atoms with Crippen LogP contribution in [0.1, 0.15) is 26.2 Å². The second kappa shape index (κ2) is 2.19. The van der Waals surface area contributed by atoms with Gasteiger partial charge in [0, 0.05) is 12.1 Å². The maximum Gasteiger partial charge on any atom is 0.117 e. The zero-order chi connectivity index (χ0) is 7.14. The Morgan fingerprint density at radius 1 is 1.50 bits per heavy atom. The molecule has 0 amide bonds. The molecule has 2 fully saturated rings. The largest absolute Gasteiger partial charge is 0.295 e. The minimum Gasteiger partial charge on any atom is -0.295 e. The van der Waals surface area contributed by atoms with Crippen LogP contribution in [-0.4, -0.2) is 29.7 Å². The van der Waals surface area contributed by atoms with Crippen molar-refractivity contribution in [3.05, 3.63) is 0 Å². The molecule has 2 aliphatic rings. The summed E-state index contributed by atoms with van der Waals surface area (Å²) in [5, 5.41) is 0. The van der Waals surface area contributed by atoms with Gasteiger partial charge in [-0.05, 0) is 32.7 Å². The summed E-state index contributed by atoms with van der Waals surface area (Å²) in [6, 6.07) is 0.789. The number of fused-ring (bicyclic) bond motifs is 1. The predicted octanol–water partition coefficient (Wildman–Crippen LogP) is 1.58. The van der Waals surface area contributed by atoms with Crippen LogP contribution >= 0.6 is 0 Å². The number of hydrogen-bond donors (Lipinski definition) is 0. The van der Waals surface area contributed by atoms with Crippen LogP contribution in [0.4, 0.5) is 4.39 Å². The van der Waals surface area contributed by atoms with Gasteiger partial charge in [0.05, 0.1) is 0 Å². The third-order valence-electron chi connectivity index (χ3n) is 2.97. The number of nitrogens with zero attached hydrogens (tertiary/aromatic N) is 1. The van der Waals surface area contributed by atoms with E-state index in [1.165, 1.54) is 12.8 Å². The van der Waals surface area contributed by atoms with Crippen LogP contribution in [0.15, 0.2) is 0 Å². The fraction of sp³-hybridized carbons (Fsp3) is 1.00. The van der Waals surface area contributed by atoms with E-state index >= 15 is 0 Å². The first kappa shape index (κ1) is 6.59. The van der Waals surface area contributed by atoms with Gasteiger partial charge in [0.25, 0.3) is 0 Å². The van der Waals surface area contributed by atoms with Gasteiger partial charge < -0.3 is 0 Å². The summed E-state index contributed by atoms with van der Waals surface area (Å²) in [6.45, 7) is 3.14. The fourth-order valence-corrected chi connectivity index (χ4v) is 2.31. The summed E-state index contributed by atoms with van der Waals surface area (Å²) in [5.41, 5.74) is 0. The summed E-state index contributed by atoms with van der Waals surface area (Å²) in [6.07, 6.45) is 2.75. The maximum atomic E-state index is 13.0. The molecular weight excluding hydrogens is 129 g/mol. The number of halogens is 1. The number of rotatable bonds is 0. The minimum atomic E-state index is -0.551. The molecule has 0 bridgehead atoms. The van der Waals surface area contributed by atoms with Crippen molar-refractivity contribution in [2.45, 2.75) is 44.4 Å². The van der Waals surface area contributed by atoms with Crippen LogP contribution in [0.3, 0.4) is 0 Å². The van der Waals surface area contributed by atoms with Crippen LogP contribution < -0.4 is 0 Å². The molecule has 0 aromatic carbocycles. The third-order valence-corrected chi connectivity index (χ3v) is 2.97. The van der Waals surface area contributed by atoms with Gasteiger partial charge in [-0.2, -0.15) is 0 Å². The molecule has 0 aromatic heterocycles. The van der Waals surface area contributed by atoms with Crippen LogP contribution in [0, 0.1) is 0 Å². The van der Waals surface area contributed by atoms with Crippen molar-refractivity contribution in [1.29, 1.82) is 0 Å². The van der Waals surface area contributed by atoms with E-state index in [4.69, 9.17) is 0 Å². The van der Waals surface area contributed by atoms with Gasteiger partial charge in [0.1, 0.15) is 6.17 Å². The number of hydrogen-bond acceptors (Lipinski definition) is 1. The Bertz CT molecular complexity index is 135. The van der Waals surface area contributed by atoms with Gasteiger partial charge in [-0.15, -0.1) is 0 Å². The first-order chi connectivity index (χ1) is 4.79. The first-order valence-electron chi connectivity index (χ1n) is 4.19. The van der Waals surface area contributed by atoms with Gasteiger partial charge in [-0.1, -0.05) is 0 Å². The molecule has 2 aliphatic heterocycles. The van der Waals surface area contributed by atoms with E-state index in [1.807, 2.05) is 6.92 Å². The van der Waals surface area contributed by atoms with Gasteiger partial charge in [-0.25, -0.2) is 4.39 Å². The van der Waals surface area contributed by atoms with Crippen molar-refractivity contribution in [3.8, 4) is 0 Å². The molecule has 0 aliphatic carbocycles. The van der Waals surface area contributed by atoms with E-state index in [1.54, 1.807) is 0 Å². The van der Waals surface area contributed by atoms with Crippen molar-refractivity contribution in [3.63, 3.8) is 0 Å². The lowest BCUT2D eigenvalue weighted by Gasteiger charge is -2.19. The van der Waals surface area contributed by atoms with E-state index in [2.05, 4.69) is 4.90 Å². The van der Waals surface area contributed by atoms with Crippen molar-refractivity contribution < 1.29 is 4.39 Å². The van der Waals surface area contributed by atoms with Crippen LogP contribution in [-0.2, 0) is 0 Å². The van der Waals surface area contributed by atoms with Gasteiger partial charge in [0.2, 0.25) is 0 Å². The number of alkyl halides is 1. The SMILES string of the molecule is C[C@@H]1[C@H](F)CC2CCCN21. The second-order valence-corrected chi connectivity index (χ2v) is 3.53. The lowest BCUT2D eigenvalue weighted by molar-refractivity contribution is 0.210. The lowest BCUT2D eigenvalue weighted by atomic mass is 10.1. The van der Waals surface area contributed by atoms with Crippen LogP contribution in [0.25, 0.3) is 0 Å². The normalized spacial score (nSPS) is 48.0. The highest BCUT2D eigenvalue weighted by Gasteiger charge is 2.40. The molecule has 0 radical (unpaired) electrons. The Hall–Kier alpha value is -0.110. The highest BCUT2D eigenvalue weighted by molar-refractivity contribution is 4.95. The Kier molecular flexibility index (Phi) is 1.44. The summed E-state index contributed by atoms with van der Waals surface area (Å²) in [4.78, 5) is 2.32. The standard InChI is InChI=1S/C8H14FN/c1-6-8(9)5-7-3-2-4-10(6)7/h6-8H,2-5H2,1H3/t6-,7?,8-/m1/s1. The van der Waals surface area contributed by atoms with E-state index in [0.29, 0.717) is 6.04 Å². The zero-order valence-electron chi connectivity index (χ0n) is 6.39. The van der Waals surface area contributed by atoms with E-state index < -0.39 is 6.17 Å². The van der Waals surface area contributed by atoms with E-state index in [9.17, 15) is 4.39 Å². The van der Waals surface area contributed by atoms with E-state index in [0.717, 1.165) is 13.0 Å². The second-order valence-electron chi connectivity index (χ2n) is 3.53. The summed E-state index contributed by atoms with van der Waals surface area (Å²) in [5.74, 6) is 0. The molecule has 2 saturated heterocycles. The Balaban J connectivity index is 2.09. The average Bonchev–Trinajstić information content (AvgIpc) is 2.41. The van der Waals surface area contributed by atoms with Crippen molar-refractivity contribution in [1.82, 2.24) is 4.90 Å². The fourth-order valence-electron chi connectivity index (χ4n) is 2.31. The highest BCUT2D eigenvalue weighted by atomic mass is 19.1. The highest BCUT2D eigenvalue weighted by Crippen LogP contribution is 2.33. The Labute approximate surface area is 61.2 Å². The Morgan fingerprint density at radius 3 is 3.00 bits per heavy atom. The molecule has 0 N–H and O–H groups in total. The molecule has 2 heterocycles. The monoisotopic (exact) mass is 143 g/mol. The van der Waals surface area contributed by atoms with Gasteiger partial charge in [-0.3, -0.25) is 4.90 Å². The van der Waals surface area contributed by atoms with Gasteiger partial charge >= 0.3 is 0 Å². The topological polar surface area (TPSA) is 3.24 Å². The summed E-state index contributed by atoms with van der Waals surface area (Å²) >= 11 is 0. The van der Waals surface area contributed by atoms with Gasteiger partial charge in [0.15, 0.2) is 0 Å². The smallest absolute Gasteiger partial charge is 0.117 e. The molecule has 58 valence electrons. The zero-order valence-corrected chi connectivity index (χ0v) is 6.39. The summed E-state index contributed by atoms with van der Waals surface area (Å²) in [7, 11) is 0. The average molecular weight is 143 g/mol. The molecule has 0 aromatic rings. The van der Waals surface area contributed by atoms with Crippen LogP contribution in [0.2, 0.25) is 0 Å². The van der Waals surface area contributed by atoms with Crippen molar-refractivity contribution in [2.24, 2.45) is 0 Å². The molecule has 1 nitrogen and oxygen atoms in total. The molecular formula is C8H14FN. The summed E-state index contributed by atoms with van der Waals surface area (Å²) < 4.78 is 13.0. The quantitative estimate of drug-likeness (QED) is 0.497. The lowest BCUT2D eigenvalue weighted by Crippen LogP contribution is -2.31. The molecule has 10 heavy (non-hydrogen) atoms. The predicted molar refractivity (Wildman–Crippen MR) is 38.7 cm³/mol. The van der Waals surface area contributed by atoms with Crippen molar-refractivity contribution >= 4 is 0 Å². The van der Waals surface area contributed by atoms with E-state index in [-0.39, 0.29) is 6.04 Å². The molecule has 0 saturated carbocycles. The molecule has 3 atom stereocenters.